The van der Waals surface area contributed by atoms with Gasteiger partial charge in [0, 0.05) is 4.83 Å². The number of halogens is 2. The van der Waals surface area contributed by atoms with Crippen LogP contribution in [0.3, 0.4) is 0 Å². The highest BCUT2D eigenvalue weighted by Gasteiger charge is 2.77. The van der Waals surface area contributed by atoms with E-state index in [2.05, 4.69) is 21.2 Å². The summed E-state index contributed by atoms with van der Waals surface area (Å²) in [7, 11) is 0. The first-order valence-electron chi connectivity index (χ1n) is 11.9. The molecule has 7 atom stereocenters. The van der Waals surface area contributed by atoms with Crippen molar-refractivity contribution in [3.8, 4) is 0 Å². The van der Waals surface area contributed by atoms with E-state index in [4.69, 9.17) is 21.1 Å². The molecule has 3 aliphatic rings. The van der Waals surface area contributed by atoms with Crippen molar-refractivity contribution in [1.82, 2.24) is 4.90 Å². The van der Waals surface area contributed by atoms with E-state index >= 15 is 0 Å². The van der Waals surface area contributed by atoms with Crippen molar-refractivity contribution in [2.24, 2.45) is 11.8 Å². The van der Waals surface area contributed by atoms with E-state index in [1.54, 1.807) is 55.5 Å². The first-order chi connectivity index (χ1) is 17.3. The van der Waals surface area contributed by atoms with Gasteiger partial charge in [-0.3, -0.25) is 14.4 Å². The number of hydrogen-bond donors (Lipinski definition) is 2. The van der Waals surface area contributed by atoms with Gasteiger partial charge in [-0.2, -0.15) is 0 Å². The number of hydrogen-bond acceptors (Lipinski definition) is 6. The monoisotopic (exact) mass is 576 g/mol. The number of likely N-dealkylation sites (tertiary alicyclic amines) is 1. The fraction of sp³-hybridized carbons (Fsp3) is 0.423. The quantitative estimate of drug-likeness (QED) is 0.387. The van der Waals surface area contributed by atoms with Crippen LogP contribution in [0.15, 0.2) is 54.6 Å². The number of aliphatic hydroxyl groups excluding tert-OH is 1. The Labute approximate surface area is 222 Å². The number of para-hydroxylation sites is 1. The maximum Gasteiger partial charge on any atom is 0.312 e. The van der Waals surface area contributed by atoms with Crippen LogP contribution >= 0.6 is 27.5 Å². The van der Waals surface area contributed by atoms with Crippen LogP contribution in [0.5, 0.6) is 0 Å². The molecule has 36 heavy (non-hydrogen) atoms. The van der Waals surface area contributed by atoms with Gasteiger partial charge < -0.3 is 24.8 Å². The minimum atomic E-state index is -1.28. The van der Waals surface area contributed by atoms with Crippen LogP contribution in [0.2, 0.25) is 5.02 Å². The Morgan fingerprint density at radius 2 is 1.94 bits per heavy atom. The molecular weight excluding hydrogens is 552 g/mol. The highest BCUT2D eigenvalue weighted by atomic mass is 79.9. The lowest BCUT2D eigenvalue weighted by Gasteiger charge is -2.37. The molecule has 3 saturated heterocycles. The van der Waals surface area contributed by atoms with Crippen LogP contribution < -0.4 is 5.32 Å². The Hall–Kier alpha value is -2.46. The molecule has 2 aromatic rings. The molecule has 2 N–H and O–H groups in total. The standard InChI is InChI=1S/C26H26BrClN2O6/c1-2-35-25(34)19-20-24(33)30(18(13-31)14-8-4-3-5-9-14)22(26(20)12-15(27)21(19)36-26)23(32)29-17-11-7-6-10-16(17)28/h3-11,15,18-22,31H,2,12-13H2,1H3,(H,29,32)/t15?,18-,19+,20+,21+,22?,26?/m1/s1. The summed E-state index contributed by atoms with van der Waals surface area (Å²) in [6, 6.07) is 13.9. The maximum atomic E-state index is 14.1. The number of ether oxygens (including phenoxy) is 2. The third-order valence-electron chi connectivity index (χ3n) is 7.36. The van der Waals surface area contributed by atoms with Crippen LogP contribution in [0.4, 0.5) is 5.69 Å². The Bertz CT molecular complexity index is 1180. The summed E-state index contributed by atoms with van der Waals surface area (Å²) in [4.78, 5) is 42.2. The molecule has 2 aromatic carbocycles. The zero-order valence-electron chi connectivity index (χ0n) is 19.5. The van der Waals surface area contributed by atoms with E-state index in [1.807, 2.05) is 6.07 Å². The summed E-state index contributed by atoms with van der Waals surface area (Å²) < 4.78 is 11.7. The highest BCUT2D eigenvalue weighted by molar-refractivity contribution is 9.09. The number of alkyl halides is 1. The molecule has 2 bridgehead atoms. The van der Waals surface area contributed by atoms with Gasteiger partial charge in [0.05, 0.1) is 47.9 Å². The lowest BCUT2D eigenvalue weighted by Crippen LogP contribution is -2.54. The van der Waals surface area contributed by atoms with Gasteiger partial charge in [-0.1, -0.05) is 70.0 Å². The summed E-state index contributed by atoms with van der Waals surface area (Å²) in [5.74, 6) is -3.24. The number of carbonyl (C=O) groups is 3. The predicted molar refractivity (Wildman–Crippen MR) is 136 cm³/mol. The Morgan fingerprint density at radius 1 is 1.25 bits per heavy atom. The number of carbonyl (C=O) groups excluding carboxylic acids is 3. The van der Waals surface area contributed by atoms with Crippen LogP contribution in [0.25, 0.3) is 0 Å². The molecule has 3 heterocycles. The van der Waals surface area contributed by atoms with Crippen LogP contribution in [0, 0.1) is 11.8 Å². The van der Waals surface area contributed by atoms with E-state index in [9.17, 15) is 19.5 Å². The van der Waals surface area contributed by atoms with Gasteiger partial charge in [0.25, 0.3) is 0 Å². The first-order valence-corrected chi connectivity index (χ1v) is 13.1. The van der Waals surface area contributed by atoms with Crippen molar-refractivity contribution < 1.29 is 29.0 Å². The summed E-state index contributed by atoms with van der Waals surface area (Å²) in [5, 5.41) is 13.6. The SMILES string of the molecule is CCOC(=O)[C@H]1[C@H]2C(=O)N([C@H](CO)c3ccccc3)C(C(=O)Nc3ccccc3Cl)C23CC(Br)[C@@H]1O3. The molecule has 0 saturated carbocycles. The Balaban J connectivity index is 1.62. The average molecular weight is 578 g/mol. The van der Waals surface area contributed by atoms with Crippen LogP contribution in [-0.2, 0) is 23.9 Å². The maximum absolute atomic E-state index is 14.1. The van der Waals surface area contributed by atoms with Crippen molar-refractivity contribution >= 4 is 51.0 Å². The zero-order valence-corrected chi connectivity index (χ0v) is 21.8. The number of rotatable bonds is 7. The van der Waals surface area contributed by atoms with Gasteiger partial charge in [-0.05, 0) is 31.0 Å². The largest absolute Gasteiger partial charge is 0.466 e. The Morgan fingerprint density at radius 3 is 2.61 bits per heavy atom. The number of aliphatic hydroxyl groups is 1. The summed E-state index contributed by atoms with van der Waals surface area (Å²) in [6.07, 6.45) is -0.270. The van der Waals surface area contributed by atoms with Gasteiger partial charge in [0.1, 0.15) is 11.6 Å². The molecule has 5 rings (SSSR count). The molecular formula is C26H26BrClN2O6. The smallest absolute Gasteiger partial charge is 0.312 e. The van der Waals surface area contributed by atoms with Gasteiger partial charge in [0.2, 0.25) is 11.8 Å². The number of nitrogens with one attached hydrogen (secondary N) is 1. The number of esters is 1. The third kappa shape index (κ3) is 3.84. The number of nitrogens with zero attached hydrogens (tertiary/aromatic N) is 1. The van der Waals surface area contributed by atoms with E-state index < -0.39 is 60.0 Å². The fourth-order valence-electron chi connectivity index (χ4n) is 6.00. The van der Waals surface area contributed by atoms with Gasteiger partial charge in [-0.15, -0.1) is 0 Å². The fourth-order valence-corrected chi connectivity index (χ4v) is 7.13. The van der Waals surface area contributed by atoms with Crippen molar-refractivity contribution in [2.45, 2.75) is 42.0 Å². The second kappa shape index (κ2) is 9.78. The van der Waals surface area contributed by atoms with Gasteiger partial charge in [0.15, 0.2) is 0 Å². The molecule has 10 heteroatoms. The second-order valence-corrected chi connectivity index (χ2v) is 10.8. The summed E-state index contributed by atoms with van der Waals surface area (Å²) in [6.45, 7) is 1.44. The van der Waals surface area contributed by atoms with Crippen molar-refractivity contribution in [2.75, 3.05) is 18.5 Å². The normalized spacial score (nSPS) is 31.3. The summed E-state index contributed by atoms with van der Waals surface area (Å²) in [5.41, 5.74) is -0.222. The van der Waals surface area contributed by atoms with Crippen molar-refractivity contribution in [1.29, 1.82) is 0 Å². The highest BCUT2D eigenvalue weighted by Crippen LogP contribution is 2.61. The average Bonchev–Trinajstić information content (AvgIpc) is 3.46. The van der Waals surface area contributed by atoms with Crippen molar-refractivity contribution in [3.63, 3.8) is 0 Å². The lowest BCUT2D eigenvalue weighted by molar-refractivity contribution is -0.155. The number of anilines is 1. The molecule has 3 fully saturated rings. The number of fused-ring (bicyclic) bond motifs is 1. The van der Waals surface area contributed by atoms with Crippen LogP contribution in [-0.4, -0.2) is 63.6 Å². The molecule has 190 valence electrons. The summed E-state index contributed by atoms with van der Waals surface area (Å²) >= 11 is 9.92. The van der Waals surface area contributed by atoms with E-state index in [-0.39, 0.29) is 11.4 Å². The molecule has 2 amide bonds. The lowest BCUT2D eigenvalue weighted by atomic mass is 9.70. The molecule has 0 aliphatic carbocycles. The zero-order chi connectivity index (χ0) is 25.6. The molecule has 3 aliphatic heterocycles. The third-order valence-corrected chi connectivity index (χ3v) is 8.53. The first kappa shape index (κ1) is 25.2. The molecule has 0 radical (unpaired) electrons. The predicted octanol–water partition coefficient (Wildman–Crippen LogP) is 3.32. The second-order valence-electron chi connectivity index (χ2n) is 9.24. The minimum absolute atomic E-state index is 0.159. The van der Waals surface area contributed by atoms with E-state index in [0.717, 1.165) is 0 Å². The molecule has 1 spiro atoms. The molecule has 8 nitrogen and oxygen atoms in total. The minimum Gasteiger partial charge on any atom is -0.466 e. The molecule has 3 unspecified atom stereocenters. The van der Waals surface area contributed by atoms with Gasteiger partial charge >= 0.3 is 5.97 Å². The van der Waals surface area contributed by atoms with E-state index in [0.29, 0.717) is 22.7 Å². The Kier molecular flexibility index (Phi) is 6.84. The van der Waals surface area contributed by atoms with Crippen molar-refractivity contribution in [3.05, 3.63) is 65.2 Å². The van der Waals surface area contributed by atoms with Crippen LogP contribution in [0.1, 0.15) is 24.9 Å². The van der Waals surface area contributed by atoms with Gasteiger partial charge in [-0.25, -0.2) is 0 Å². The topological polar surface area (TPSA) is 105 Å². The van der Waals surface area contributed by atoms with E-state index in [1.165, 1.54) is 4.90 Å². The number of amides is 2. The number of benzene rings is 2. The molecule has 0 aromatic heterocycles.